The van der Waals surface area contributed by atoms with Crippen molar-refractivity contribution in [1.82, 2.24) is 15.4 Å². The zero-order valence-electron chi connectivity index (χ0n) is 16.1. The average Bonchev–Trinajstić information content (AvgIpc) is 2.77. The van der Waals surface area contributed by atoms with Crippen LogP contribution in [0.15, 0.2) is 67.0 Å². The molecule has 0 bridgehead atoms. The van der Waals surface area contributed by atoms with Gasteiger partial charge >= 0.3 is 0 Å². The zero-order valence-corrected chi connectivity index (χ0v) is 18.3. The van der Waals surface area contributed by atoms with E-state index in [2.05, 4.69) is 38.3 Å². The lowest BCUT2D eigenvalue weighted by atomic mass is 10.0. The van der Waals surface area contributed by atoms with Gasteiger partial charge in [-0.3, -0.25) is 20.0 Å². The molecular weight excluding hydrogens is 495 g/mol. The molecule has 4 rings (SSSR count). The summed E-state index contributed by atoms with van der Waals surface area (Å²) >= 11 is 2.16. The van der Waals surface area contributed by atoms with E-state index in [4.69, 9.17) is 4.74 Å². The molecule has 2 amide bonds. The molecule has 30 heavy (non-hydrogen) atoms. The summed E-state index contributed by atoms with van der Waals surface area (Å²) in [5.41, 5.74) is 5.19. The van der Waals surface area contributed by atoms with E-state index in [9.17, 15) is 9.59 Å². The van der Waals surface area contributed by atoms with Crippen LogP contribution >= 0.6 is 22.6 Å². The highest BCUT2D eigenvalue weighted by Gasteiger charge is 2.34. The Labute approximate surface area is 187 Å². The number of anilines is 1. The number of halogens is 1. The van der Waals surface area contributed by atoms with Gasteiger partial charge in [0, 0.05) is 27.2 Å². The maximum atomic E-state index is 13.3. The number of hydrogen-bond acceptors (Lipinski definition) is 5. The number of carbonyl (C=O) groups is 2. The van der Waals surface area contributed by atoms with Gasteiger partial charge in [0.05, 0.1) is 12.2 Å². The van der Waals surface area contributed by atoms with E-state index in [1.165, 1.54) is 17.4 Å². The van der Waals surface area contributed by atoms with E-state index in [-0.39, 0.29) is 5.91 Å². The topological polar surface area (TPSA) is 83.6 Å². The number of pyridine rings is 1. The molecule has 0 saturated heterocycles. The minimum atomic E-state index is -0.577. The Balaban J connectivity index is 1.70. The molecule has 2 aromatic carbocycles. The summed E-state index contributed by atoms with van der Waals surface area (Å²) in [4.78, 5) is 30.0. The molecule has 0 spiro atoms. The van der Waals surface area contributed by atoms with E-state index in [1.807, 2.05) is 43.3 Å². The number of hydrogen-bond donors (Lipinski definition) is 2. The first-order valence-electron chi connectivity index (χ1n) is 9.40. The number of fused-ring (bicyclic) bond motifs is 1. The molecule has 0 fully saturated rings. The first-order chi connectivity index (χ1) is 14.6. The van der Waals surface area contributed by atoms with Crippen LogP contribution in [0.3, 0.4) is 0 Å². The highest BCUT2D eigenvalue weighted by molar-refractivity contribution is 14.1. The van der Waals surface area contributed by atoms with Crippen molar-refractivity contribution in [2.45, 2.75) is 13.1 Å². The van der Waals surface area contributed by atoms with Crippen LogP contribution in [-0.4, -0.2) is 28.4 Å². The second kappa shape index (κ2) is 8.70. The van der Waals surface area contributed by atoms with Gasteiger partial charge in [-0.25, -0.2) is 5.01 Å². The van der Waals surface area contributed by atoms with E-state index >= 15 is 0 Å². The van der Waals surface area contributed by atoms with Crippen LogP contribution in [0.4, 0.5) is 5.69 Å². The normalized spacial score (nSPS) is 15.2. The highest BCUT2D eigenvalue weighted by atomic mass is 127. The molecular formula is C22H19IN4O3. The lowest BCUT2D eigenvalue weighted by Crippen LogP contribution is -2.52. The number of nitrogens with one attached hydrogen (secondary N) is 2. The summed E-state index contributed by atoms with van der Waals surface area (Å²) in [7, 11) is 0. The SMILES string of the molecule is CCOc1ccc([C@@H]2Nc3ccc(I)cc3C(=O)N2NC(=O)c2ccncc2)cc1. The van der Waals surface area contributed by atoms with E-state index in [0.717, 1.165) is 14.9 Å². The van der Waals surface area contributed by atoms with Gasteiger partial charge in [-0.15, -0.1) is 0 Å². The van der Waals surface area contributed by atoms with Gasteiger partial charge in [0.15, 0.2) is 0 Å². The average molecular weight is 514 g/mol. The summed E-state index contributed by atoms with van der Waals surface area (Å²) in [5, 5.41) is 4.69. The van der Waals surface area contributed by atoms with Gasteiger partial charge in [0.2, 0.25) is 0 Å². The third-order valence-corrected chi connectivity index (χ3v) is 5.32. The van der Waals surface area contributed by atoms with Gasteiger partial charge in [-0.05, 0) is 77.5 Å². The van der Waals surface area contributed by atoms with E-state index in [0.29, 0.717) is 23.4 Å². The molecule has 3 aromatic rings. The third-order valence-electron chi connectivity index (χ3n) is 4.65. The first-order valence-corrected chi connectivity index (χ1v) is 10.5. The molecule has 1 aromatic heterocycles. The molecule has 8 heteroatoms. The van der Waals surface area contributed by atoms with Crippen molar-refractivity contribution in [3.8, 4) is 5.75 Å². The van der Waals surface area contributed by atoms with Gasteiger partial charge in [0.25, 0.3) is 11.8 Å². The van der Waals surface area contributed by atoms with Crippen molar-refractivity contribution in [2.24, 2.45) is 0 Å². The summed E-state index contributed by atoms with van der Waals surface area (Å²) in [6.45, 7) is 2.49. The molecule has 0 unspecified atom stereocenters. The number of hydrazine groups is 1. The van der Waals surface area contributed by atoms with E-state index in [1.54, 1.807) is 18.2 Å². The minimum absolute atomic E-state index is 0.288. The molecule has 2 N–H and O–H groups in total. The fourth-order valence-electron chi connectivity index (χ4n) is 3.22. The smallest absolute Gasteiger partial charge is 0.276 e. The van der Waals surface area contributed by atoms with Crippen LogP contribution in [-0.2, 0) is 0 Å². The van der Waals surface area contributed by atoms with Gasteiger partial charge in [0.1, 0.15) is 11.9 Å². The monoisotopic (exact) mass is 514 g/mol. The van der Waals surface area contributed by atoms with Crippen LogP contribution in [0.5, 0.6) is 5.75 Å². The van der Waals surface area contributed by atoms with Crippen LogP contribution in [0, 0.1) is 3.57 Å². The van der Waals surface area contributed by atoms with Crippen LogP contribution < -0.4 is 15.5 Å². The molecule has 1 aliphatic heterocycles. The van der Waals surface area contributed by atoms with Crippen LogP contribution in [0.1, 0.15) is 39.4 Å². The second-order valence-electron chi connectivity index (χ2n) is 6.59. The highest BCUT2D eigenvalue weighted by Crippen LogP contribution is 2.33. The lowest BCUT2D eigenvalue weighted by Gasteiger charge is -2.37. The molecule has 1 aliphatic rings. The number of amides is 2. The number of rotatable bonds is 5. The Bertz CT molecular complexity index is 1070. The standard InChI is InChI=1S/C22H19IN4O3/c1-2-30-17-6-3-14(4-7-17)20-25-19-8-5-16(23)13-18(19)22(29)27(20)26-21(28)15-9-11-24-12-10-15/h3-13,20,25H,2H2,1H3,(H,26,28)/t20-/m1/s1. The Morgan fingerprint density at radius 3 is 2.60 bits per heavy atom. The zero-order chi connectivity index (χ0) is 21.1. The van der Waals surface area contributed by atoms with Crippen molar-refractivity contribution >= 4 is 40.1 Å². The molecule has 0 aliphatic carbocycles. The lowest BCUT2D eigenvalue weighted by molar-refractivity contribution is 0.0491. The summed E-state index contributed by atoms with van der Waals surface area (Å²) in [5.74, 6) is 0.0619. The Morgan fingerprint density at radius 2 is 1.90 bits per heavy atom. The fraction of sp³-hybridized carbons (Fsp3) is 0.136. The molecule has 2 heterocycles. The third kappa shape index (κ3) is 4.09. The van der Waals surface area contributed by atoms with Crippen molar-refractivity contribution in [3.63, 3.8) is 0 Å². The molecule has 7 nitrogen and oxygen atoms in total. The second-order valence-corrected chi connectivity index (χ2v) is 7.84. The first kappa shape index (κ1) is 20.1. The number of benzene rings is 2. The van der Waals surface area contributed by atoms with E-state index < -0.39 is 12.1 Å². The maximum absolute atomic E-state index is 13.3. The maximum Gasteiger partial charge on any atom is 0.276 e. The van der Waals surface area contributed by atoms with Gasteiger partial charge in [-0.2, -0.15) is 0 Å². The number of ether oxygens (including phenoxy) is 1. The number of nitrogens with zero attached hydrogens (tertiary/aromatic N) is 2. The van der Waals surface area contributed by atoms with Crippen molar-refractivity contribution in [2.75, 3.05) is 11.9 Å². The molecule has 0 saturated carbocycles. The van der Waals surface area contributed by atoms with Crippen molar-refractivity contribution in [3.05, 3.63) is 87.3 Å². The predicted molar refractivity (Wildman–Crippen MR) is 121 cm³/mol. The largest absolute Gasteiger partial charge is 0.494 e. The fourth-order valence-corrected chi connectivity index (χ4v) is 3.71. The number of aromatic nitrogens is 1. The van der Waals surface area contributed by atoms with Crippen LogP contribution in [0.25, 0.3) is 0 Å². The van der Waals surface area contributed by atoms with Crippen LogP contribution in [0.2, 0.25) is 0 Å². The Kier molecular flexibility index (Phi) is 5.84. The van der Waals surface area contributed by atoms with Crippen molar-refractivity contribution < 1.29 is 14.3 Å². The summed E-state index contributed by atoms with van der Waals surface area (Å²) < 4.78 is 6.44. The predicted octanol–water partition coefficient (Wildman–Crippen LogP) is 4.00. The quantitative estimate of drug-likeness (QED) is 0.504. The Hall–Kier alpha value is -3.14. The van der Waals surface area contributed by atoms with Gasteiger partial charge in [-0.1, -0.05) is 12.1 Å². The molecule has 152 valence electrons. The molecule has 0 radical (unpaired) electrons. The van der Waals surface area contributed by atoms with Crippen molar-refractivity contribution in [1.29, 1.82) is 0 Å². The number of carbonyl (C=O) groups excluding carboxylic acids is 2. The van der Waals surface area contributed by atoms with Gasteiger partial charge < -0.3 is 10.1 Å². The summed E-state index contributed by atoms with van der Waals surface area (Å²) in [6.07, 6.45) is 2.49. The Morgan fingerprint density at radius 1 is 1.17 bits per heavy atom. The summed E-state index contributed by atoms with van der Waals surface area (Å²) in [6, 6.07) is 16.2. The minimum Gasteiger partial charge on any atom is -0.494 e. The molecule has 1 atom stereocenters.